The van der Waals surface area contributed by atoms with Gasteiger partial charge in [0.05, 0.1) is 13.1 Å². The van der Waals surface area contributed by atoms with Gasteiger partial charge in [0.2, 0.25) is 0 Å². The number of rotatable bonds is 8. The molecule has 0 unspecified atom stereocenters. The Morgan fingerprint density at radius 1 is 0.633 bits per heavy atom. The summed E-state index contributed by atoms with van der Waals surface area (Å²) < 4.78 is 0. The molecule has 0 aliphatic rings. The lowest BCUT2D eigenvalue weighted by Crippen LogP contribution is -2.40. The van der Waals surface area contributed by atoms with Gasteiger partial charge in [-0.3, -0.25) is 9.98 Å². The van der Waals surface area contributed by atoms with Crippen molar-refractivity contribution in [1.29, 1.82) is 0 Å². The third kappa shape index (κ3) is 8.51. The van der Waals surface area contributed by atoms with Crippen LogP contribution in [0.1, 0.15) is 38.8 Å². The van der Waals surface area contributed by atoms with Gasteiger partial charge in [0, 0.05) is 0 Å². The van der Waals surface area contributed by atoms with E-state index < -0.39 is 11.1 Å². The van der Waals surface area contributed by atoms with E-state index in [0.717, 1.165) is 11.1 Å². The van der Waals surface area contributed by atoms with Crippen molar-refractivity contribution < 1.29 is 0 Å². The van der Waals surface area contributed by atoms with Crippen LogP contribution in [-0.2, 0) is 13.1 Å². The highest BCUT2D eigenvalue weighted by Crippen LogP contribution is 2.17. The first-order chi connectivity index (χ1) is 13.2. The smallest absolute Gasteiger partial charge is 0.132 e. The first kappa shape index (κ1) is 27.6. The lowest BCUT2D eigenvalue weighted by molar-refractivity contribution is 0.557. The van der Waals surface area contributed by atoms with E-state index in [1.54, 1.807) is 0 Å². The van der Waals surface area contributed by atoms with E-state index in [1.165, 1.54) is 0 Å². The molecule has 2 aromatic carbocycles. The molecule has 30 heavy (non-hydrogen) atoms. The minimum absolute atomic E-state index is 0. The Balaban J connectivity index is 0.00000420. The molecule has 0 spiro atoms. The zero-order chi connectivity index (χ0) is 20.6. The number of halogens is 2. The molecule has 0 saturated heterocycles. The average Bonchev–Trinajstić information content (AvgIpc) is 2.70. The summed E-state index contributed by atoms with van der Waals surface area (Å²) in [5, 5.41) is 8.85. The van der Waals surface area contributed by atoms with Gasteiger partial charge in [0.1, 0.15) is 22.7 Å². The van der Waals surface area contributed by atoms with E-state index in [2.05, 4.69) is 20.2 Å². The number of nitrogens with two attached hydrogens (primary N) is 2. The maximum atomic E-state index is 6.17. The molecule has 0 aromatic heterocycles. The molecular weight excluding hydrogens is 419 g/mol. The number of azo groups is 1. The summed E-state index contributed by atoms with van der Waals surface area (Å²) in [5.74, 6) is 0.853. The van der Waals surface area contributed by atoms with E-state index in [1.807, 2.05) is 88.4 Å². The number of benzene rings is 2. The van der Waals surface area contributed by atoms with Gasteiger partial charge in [-0.2, -0.15) is 10.2 Å². The molecule has 0 radical (unpaired) electrons. The molecule has 0 aliphatic heterocycles. The number of amidine groups is 2. The Bertz CT molecular complexity index is 775. The molecule has 0 saturated carbocycles. The van der Waals surface area contributed by atoms with Gasteiger partial charge in [-0.15, -0.1) is 24.8 Å². The maximum Gasteiger partial charge on any atom is 0.132 e. The molecule has 4 N–H and O–H groups in total. The lowest BCUT2D eigenvalue weighted by atomic mass is 10.0. The number of nitrogens with zero attached hydrogens (tertiary/aromatic N) is 4. The second-order valence-corrected chi connectivity index (χ2v) is 7.69. The summed E-state index contributed by atoms with van der Waals surface area (Å²) in [5.41, 5.74) is 13.1. The molecule has 0 atom stereocenters. The molecular formula is C22H32Cl2N6. The van der Waals surface area contributed by atoms with Crippen molar-refractivity contribution in [3.63, 3.8) is 0 Å². The molecule has 0 aliphatic carbocycles. The largest absolute Gasteiger partial charge is 0.385 e. The van der Waals surface area contributed by atoms with Gasteiger partial charge in [-0.05, 0) is 38.8 Å². The van der Waals surface area contributed by atoms with Gasteiger partial charge < -0.3 is 11.5 Å². The molecule has 6 nitrogen and oxygen atoms in total. The van der Waals surface area contributed by atoms with Gasteiger partial charge >= 0.3 is 0 Å². The van der Waals surface area contributed by atoms with Crippen molar-refractivity contribution in [2.24, 2.45) is 31.7 Å². The van der Waals surface area contributed by atoms with Crippen molar-refractivity contribution in [3.05, 3.63) is 71.8 Å². The van der Waals surface area contributed by atoms with Crippen molar-refractivity contribution in [2.75, 3.05) is 0 Å². The number of aliphatic imine (C=N–C) groups is 2. The quantitative estimate of drug-likeness (QED) is 0.337. The topological polar surface area (TPSA) is 101 Å². The summed E-state index contributed by atoms with van der Waals surface area (Å²) in [7, 11) is 0. The molecule has 0 amide bonds. The fraction of sp³-hybridized carbons (Fsp3) is 0.364. The standard InChI is InChI=1S/C22H30N6.2ClH/c1-21(2,19(23)25-15-17-11-7-5-8-12-17)27-28-22(3,4)20(24)26-16-18-13-9-6-10-14-18;;/h5-14H,15-16H2,1-4H3,(H2,23,25)(H2,24,26);2*1H. The van der Waals surface area contributed by atoms with Crippen LogP contribution in [0.15, 0.2) is 80.9 Å². The minimum atomic E-state index is -0.730. The summed E-state index contributed by atoms with van der Waals surface area (Å²) >= 11 is 0. The summed E-state index contributed by atoms with van der Waals surface area (Å²) in [6.45, 7) is 8.55. The van der Waals surface area contributed by atoms with E-state index in [9.17, 15) is 0 Å². The summed E-state index contributed by atoms with van der Waals surface area (Å²) in [4.78, 5) is 8.93. The second kappa shape index (κ2) is 12.3. The Morgan fingerprint density at radius 3 is 1.23 bits per heavy atom. The number of hydrogen-bond acceptors (Lipinski definition) is 4. The molecule has 8 heteroatoms. The van der Waals surface area contributed by atoms with Crippen LogP contribution in [0.2, 0.25) is 0 Å². The van der Waals surface area contributed by atoms with E-state index >= 15 is 0 Å². The molecule has 0 fully saturated rings. The Labute approximate surface area is 191 Å². The third-order valence-electron chi connectivity index (χ3n) is 4.35. The predicted octanol–water partition coefficient (Wildman–Crippen LogP) is 4.95. The van der Waals surface area contributed by atoms with Crippen LogP contribution in [0.3, 0.4) is 0 Å². The fourth-order valence-electron chi connectivity index (χ4n) is 2.26. The SMILES string of the molecule is CC(C)(N=NC(C)(C)C(N)=NCc1ccccc1)C(N)=NCc1ccccc1.Cl.Cl. The van der Waals surface area contributed by atoms with Crippen LogP contribution in [-0.4, -0.2) is 22.7 Å². The normalized spacial score (nSPS) is 12.9. The van der Waals surface area contributed by atoms with Gasteiger partial charge in [0.15, 0.2) is 0 Å². The summed E-state index contributed by atoms with van der Waals surface area (Å²) in [6, 6.07) is 19.9. The van der Waals surface area contributed by atoms with Crippen LogP contribution >= 0.6 is 24.8 Å². The lowest BCUT2D eigenvalue weighted by Gasteiger charge is -2.22. The monoisotopic (exact) mass is 450 g/mol. The van der Waals surface area contributed by atoms with Crippen molar-refractivity contribution >= 4 is 36.5 Å². The molecule has 2 rings (SSSR count). The Kier molecular flexibility index (Phi) is 11.3. The summed E-state index contributed by atoms with van der Waals surface area (Å²) in [6.07, 6.45) is 0. The van der Waals surface area contributed by atoms with Crippen molar-refractivity contribution in [2.45, 2.75) is 51.9 Å². The van der Waals surface area contributed by atoms with Gasteiger partial charge in [-0.1, -0.05) is 60.7 Å². The third-order valence-corrected chi connectivity index (χ3v) is 4.35. The average molecular weight is 451 g/mol. The highest BCUT2D eigenvalue weighted by atomic mass is 35.5. The van der Waals surface area contributed by atoms with E-state index in [0.29, 0.717) is 24.8 Å². The first-order valence-corrected chi connectivity index (χ1v) is 9.33. The van der Waals surface area contributed by atoms with E-state index in [-0.39, 0.29) is 24.8 Å². The number of hydrogen-bond donors (Lipinski definition) is 2. The first-order valence-electron chi connectivity index (χ1n) is 9.33. The Hall–Kier alpha value is -2.44. The zero-order valence-electron chi connectivity index (χ0n) is 17.9. The highest BCUT2D eigenvalue weighted by Gasteiger charge is 2.27. The van der Waals surface area contributed by atoms with Crippen LogP contribution < -0.4 is 11.5 Å². The van der Waals surface area contributed by atoms with Gasteiger partial charge in [-0.25, -0.2) is 0 Å². The van der Waals surface area contributed by atoms with Gasteiger partial charge in [0.25, 0.3) is 0 Å². The minimum Gasteiger partial charge on any atom is -0.385 e. The van der Waals surface area contributed by atoms with E-state index in [4.69, 9.17) is 11.5 Å². The molecule has 0 bridgehead atoms. The van der Waals surface area contributed by atoms with Crippen LogP contribution in [0.25, 0.3) is 0 Å². The van der Waals surface area contributed by atoms with Crippen molar-refractivity contribution in [3.8, 4) is 0 Å². The van der Waals surface area contributed by atoms with Crippen LogP contribution in [0.5, 0.6) is 0 Å². The molecule has 2 aromatic rings. The molecule has 0 heterocycles. The van der Waals surface area contributed by atoms with Crippen LogP contribution in [0.4, 0.5) is 0 Å². The molecule has 164 valence electrons. The second-order valence-electron chi connectivity index (χ2n) is 7.69. The predicted molar refractivity (Wildman–Crippen MR) is 131 cm³/mol. The zero-order valence-corrected chi connectivity index (χ0v) is 19.6. The Morgan fingerprint density at radius 2 is 0.933 bits per heavy atom. The fourth-order valence-corrected chi connectivity index (χ4v) is 2.26. The van der Waals surface area contributed by atoms with Crippen molar-refractivity contribution in [1.82, 2.24) is 0 Å². The maximum absolute atomic E-state index is 6.17. The van der Waals surface area contributed by atoms with Crippen LogP contribution in [0, 0.1) is 0 Å². The highest BCUT2D eigenvalue weighted by molar-refractivity contribution is 5.90.